The summed E-state index contributed by atoms with van der Waals surface area (Å²) in [5.74, 6) is -0.448. The molecule has 0 bridgehead atoms. The highest BCUT2D eigenvalue weighted by Crippen LogP contribution is 2.31. The first-order valence-electron chi connectivity index (χ1n) is 6.96. The molecule has 1 spiro atoms. The van der Waals surface area contributed by atoms with Gasteiger partial charge in [0, 0.05) is 18.5 Å². The van der Waals surface area contributed by atoms with Crippen LogP contribution in [0.2, 0.25) is 0 Å². The summed E-state index contributed by atoms with van der Waals surface area (Å²) in [5, 5.41) is 9.43. The molecule has 108 valence electrons. The van der Waals surface area contributed by atoms with Crippen molar-refractivity contribution in [2.24, 2.45) is 0 Å². The molecule has 2 heterocycles. The summed E-state index contributed by atoms with van der Waals surface area (Å²) in [6.45, 7) is 4.22. The zero-order chi connectivity index (χ0) is 14.2. The lowest BCUT2D eigenvalue weighted by atomic mass is 10.0. The Kier molecular flexibility index (Phi) is 3.40. The van der Waals surface area contributed by atoms with E-state index in [0.29, 0.717) is 31.9 Å². The molecule has 20 heavy (non-hydrogen) atoms. The van der Waals surface area contributed by atoms with Crippen LogP contribution < -0.4 is 0 Å². The molecule has 3 rings (SSSR count). The molecule has 0 aliphatic carbocycles. The number of carbonyl (C=O) groups is 1. The maximum atomic E-state index is 12.6. The number of aromatic hydroxyl groups is 1. The predicted octanol–water partition coefficient (Wildman–Crippen LogP) is 1.68. The number of nitrogens with zero attached hydrogens (tertiary/aromatic N) is 1. The van der Waals surface area contributed by atoms with Crippen molar-refractivity contribution in [1.29, 1.82) is 0 Å². The lowest BCUT2D eigenvalue weighted by Crippen LogP contribution is -2.51. The number of carbonyl (C=O) groups excluding carboxylic acids is 1. The van der Waals surface area contributed by atoms with Gasteiger partial charge in [0.25, 0.3) is 5.91 Å². The number of aryl methyl sites for hydroxylation is 1. The second kappa shape index (κ2) is 5.07. The Morgan fingerprint density at radius 2 is 2.10 bits per heavy atom. The van der Waals surface area contributed by atoms with Crippen LogP contribution in [0.4, 0.5) is 0 Å². The highest BCUT2D eigenvalue weighted by Gasteiger charge is 2.42. The normalized spacial score (nSPS) is 21.4. The Balaban J connectivity index is 1.79. The highest BCUT2D eigenvalue weighted by atomic mass is 16.7. The smallest absolute Gasteiger partial charge is 0.254 e. The first kappa shape index (κ1) is 13.4. The van der Waals surface area contributed by atoms with Gasteiger partial charge in [-0.05, 0) is 37.1 Å². The quantitative estimate of drug-likeness (QED) is 0.848. The topological polar surface area (TPSA) is 59.0 Å². The molecule has 1 aromatic rings. The third-order valence-corrected chi connectivity index (χ3v) is 3.96. The summed E-state index contributed by atoms with van der Waals surface area (Å²) in [7, 11) is 0. The van der Waals surface area contributed by atoms with Crippen molar-refractivity contribution in [2.75, 3.05) is 26.3 Å². The Labute approximate surface area is 118 Å². The Morgan fingerprint density at radius 1 is 1.35 bits per heavy atom. The van der Waals surface area contributed by atoms with Gasteiger partial charge in [-0.2, -0.15) is 0 Å². The van der Waals surface area contributed by atoms with Gasteiger partial charge in [-0.3, -0.25) is 4.79 Å². The van der Waals surface area contributed by atoms with E-state index in [0.717, 1.165) is 18.4 Å². The lowest BCUT2D eigenvalue weighted by molar-refractivity contribution is -0.183. The molecule has 5 nitrogen and oxygen atoms in total. The van der Waals surface area contributed by atoms with Crippen LogP contribution in [0, 0.1) is 6.92 Å². The number of benzene rings is 1. The second-order valence-corrected chi connectivity index (χ2v) is 5.44. The first-order chi connectivity index (χ1) is 9.60. The SMILES string of the molecule is Cc1cc(O)ccc1C(=O)N1CCCC2(C1)OCCO2. The summed E-state index contributed by atoms with van der Waals surface area (Å²) in [5.41, 5.74) is 1.40. The summed E-state index contributed by atoms with van der Waals surface area (Å²) in [6.07, 6.45) is 1.72. The fourth-order valence-electron chi connectivity index (χ4n) is 2.95. The molecule has 2 saturated heterocycles. The summed E-state index contributed by atoms with van der Waals surface area (Å²) in [4.78, 5) is 14.4. The molecule has 1 N–H and O–H groups in total. The molecule has 0 aromatic heterocycles. The lowest BCUT2D eigenvalue weighted by Gasteiger charge is -2.38. The summed E-state index contributed by atoms with van der Waals surface area (Å²) < 4.78 is 11.4. The highest BCUT2D eigenvalue weighted by molar-refractivity contribution is 5.95. The van der Waals surface area contributed by atoms with E-state index < -0.39 is 5.79 Å². The van der Waals surface area contributed by atoms with Crippen LogP contribution in [0.3, 0.4) is 0 Å². The van der Waals surface area contributed by atoms with Crippen LogP contribution in [0.25, 0.3) is 0 Å². The molecular formula is C15H19NO4. The maximum Gasteiger partial charge on any atom is 0.254 e. The molecule has 0 radical (unpaired) electrons. The minimum atomic E-state index is -0.598. The van der Waals surface area contributed by atoms with Gasteiger partial charge >= 0.3 is 0 Å². The van der Waals surface area contributed by atoms with Crippen LogP contribution >= 0.6 is 0 Å². The number of amides is 1. The van der Waals surface area contributed by atoms with Crippen molar-refractivity contribution in [2.45, 2.75) is 25.6 Å². The van der Waals surface area contributed by atoms with Crippen molar-refractivity contribution >= 4 is 5.91 Å². The number of hydrogen-bond acceptors (Lipinski definition) is 4. The van der Waals surface area contributed by atoms with Crippen molar-refractivity contribution < 1.29 is 19.4 Å². The van der Waals surface area contributed by atoms with Gasteiger partial charge in [-0.1, -0.05) is 0 Å². The maximum absolute atomic E-state index is 12.6. The van der Waals surface area contributed by atoms with Gasteiger partial charge in [0.2, 0.25) is 0 Å². The fraction of sp³-hybridized carbons (Fsp3) is 0.533. The number of phenols is 1. The van der Waals surface area contributed by atoms with E-state index in [1.807, 2.05) is 6.92 Å². The van der Waals surface area contributed by atoms with Crippen LogP contribution in [0.15, 0.2) is 18.2 Å². The number of phenolic OH excluding ortho intramolecular Hbond substituents is 1. The van der Waals surface area contributed by atoms with Crippen molar-refractivity contribution in [3.05, 3.63) is 29.3 Å². The van der Waals surface area contributed by atoms with Crippen LogP contribution in [-0.4, -0.2) is 48.0 Å². The molecule has 0 atom stereocenters. The van der Waals surface area contributed by atoms with Crippen molar-refractivity contribution in [3.8, 4) is 5.75 Å². The molecule has 5 heteroatoms. The molecule has 1 amide bonds. The largest absolute Gasteiger partial charge is 0.508 e. The molecule has 2 aliphatic rings. The molecule has 0 unspecified atom stereocenters. The monoisotopic (exact) mass is 277 g/mol. The van der Waals surface area contributed by atoms with Crippen molar-refractivity contribution in [3.63, 3.8) is 0 Å². The third kappa shape index (κ3) is 2.39. The summed E-state index contributed by atoms with van der Waals surface area (Å²) >= 11 is 0. The van der Waals surface area contributed by atoms with E-state index in [2.05, 4.69) is 0 Å². The van der Waals surface area contributed by atoms with E-state index in [4.69, 9.17) is 9.47 Å². The van der Waals surface area contributed by atoms with E-state index in [-0.39, 0.29) is 11.7 Å². The number of hydrogen-bond donors (Lipinski definition) is 1. The van der Waals surface area contributed by atoms with E-state index >= 15 is 0 Å². The van der Waals surface area contributed by atoms with Crippen molar-refractivity contribution in [1.82, 2.24) is 4.90 Å². The minimum Gasteiger partial charge on any atom is -0.508 e. The molecule has 2 fully saturated rings. The predicted molar refractivity (Wildman–Crippen MR) is 72.6 cm³/mol. The molecule has 0 saturated carbocycles. The number of ether oxygens (including phenoxy) is 2. The van der Waals surface area contributed by atoms with Crippen LogP contribution in [-0.2, 0) is 9.47 Å². The average molecular weight is 277 g/mol. The van der Waals surface area contributed by atoms with Gasteiger partial charge < -0.3 is 19.5 Å². The summed E-state index contributed by atoms with van der Waals surface area (Å²) in [6, 6.07) is 4.82. The van der Waals surface area contributed by atoms with Gasteiger partial charge in [0.1, 0.15) is 5.75 Å². The first-order valence-corrected chi connectivity index (χ1v) is 6.96. The average Bonchev–Trinajstić information content (AvgIpc) is 2.86. The molecule has 2 aliphatic heterocycles. The fourth-order valence-corrected chi connectivity index (χ4v) is 2.95. The second-order valence-electron chi connectivity index (χ2n) is 5.44. The zero-order valence-electron chi connectivity index (χ0n) is 11.6. The Morgan fingerprint density at radius 3 is 2.80 bits per heavy atom. The van der Waals surface area contributed by atoms with Gasteiger partial charge in [-0.25, -0.2) is 0 Å². The number of likely N-dealkylation sites (tertiary alicyclic amines) is 1. The minimum absolute atomic E-state index is 0.0272. The van der Waals surface area contributed by atoms with Crippen LogP contribution in [0.1, 0.15) is 28.8 Å². The van der Waals surface area contributed by atoms with Gasteiger partial charge in [-0.15, -0.1) is 0 Å². The van der Waals surface area contributed by atoms with Crippen LogP contribution in [0.5, 0.6) is 5.75 Å². The number of rotatable bonds is 1. The molecular weight excluding hydrogens is 258 g/mol. The van der Waals surface area contributed by atoms with E-state index in [1.165, 1.54) is 0 Å². The van der Waals surface area contributed by atoms with Gasteiger partial charge in [0.15, 0.2) is 5.79 Å². The Bertz CT molecular complexity index is 523. The van der Waals surface area contributed by atoms with E-state index in [1.54, 1.807) is 23.1 Å². The van der Waals surface area contributed by atoms with E-state index in [9.17, 15) is 9.90 Å². The zero-order valence-corrected chi connectivity index (χ0v) is 11.6. The Hall–Kier alpha value is -1.59. The molecule has 1 aromatic carbocycles. The number of piperidine rings is 1. The third-order valence-electron chi connectivity index (χ3n) is 3.96. The van der Waals surface area contributed by atoms with Gasteiger partial charge in [0.05, 0.1) is 19.8 Å². The standard InChI is InChI=1S/C15H19NO4/c1-11-9-12(17)3-4-13(11)14(18)16-6-2-5-15(10-16)19-7-8-20-15/h3-4,9,17H,2,5-8,10H2,1H3.